The number of nitrogens with one attached hydrogen (secondary N) is 1. The van der Waals surface area contributed by atoms with Crippen molar-refractivity contribution >= 4 is 11.3 Å². The summed E-state index contributed by atoms with van der Waals surface area (Å²) in [5, 5.41) is 5.40. The van der Waals surface area contributed by atoms with Crippen LogP contribution < -0.4 is 5.32 Å². The third-order valence-corrected chi connectivity index (χ3v) is 4.63. The van der Waals surface area contributed by atoms with Crippen molar-refractivity contribution in [2.75, 3.05) is 6.54 Å². The highest BCUT2D eigenvalue weighted by Gasteiger charge is 2.32. The van der Waals surface area contributed by atoms with Crippen LogP contribution in [-0.4, -0.2) is 12.6 Å². The highest BCUT2D eigenvalue weighted by molar-refractivity contribution is 7.10. The molecular weight excluding hydrogens is 221 g/mol. The van der Waals surface area contributed by atoms with E-state index in [9.17, 15) is 4.39 Å². The molecular formula is C13H20FNS. The Hall–Kier alpha value is -0.410. The van der Waals surface area contributed by atoms with E-state index < -0.39 is 5.67 Å². The minimum absolute atomic E-state index is 0.352. The Balaban J connectivity index is 2.04. The van der Waals surface area contributed by atoms with Gasteiger partial charge in [-0.05, 0) is 50.2 Å². The zero-order valence-corrected chi connectivity index (χ0v) is 10.9. The third-order valence-electron chi connectivity index (χ3n) is 3.38. The van der Waals surface area contributed by atoms with Gasteiger partial charge in [0.1, 0.15) is 5.67 Å². The number of alkyl halides is 1. The van der Waals surface area contributed by atoms with Gasteiger partial charge < -0.3 is 5.32 Å². The maximum Gasteiger partial charge on any atom is 0.144 e. The number of hydrogen-bond donors (Lipinski definition) is 1. The molecule has 1 saturated heterocycles. The zero-order valence-electron chi connectivity index (χ0n) is 10.1. The van der Waals surface area contributed by atoms with Gasteiger partial charge in [0.2, 0.25) is 0 Å². The van der Waals surface area contributed by atoms with E-state index in [0.29, 0.717) is 12.5 Å². The Labute approximate surface area is 101 Å². The lowest BCUT2D eigenvalue weighted by Gasteiger charge is -2.29. The van der Waals surface area contributed by atoms with Crippen molar-refractivity contribution in [2.24, 2.45) is 0 Å². The van der Waals surface area contributed by atoms with E-state index >= 15 is 0 Å². The molecule has 0 saturated carbocycles. The molecule has 1 aromatic heterocycles. The van der Waals surface area contributed by atoms with Crippen molar-refractivity contribution in [3.63, 3.8) is 0 Å². The monoisotopic (exact) mass is 241 g/mol. The first-order valence-electron chi connectivity index (χ1n) is 6.06. The molecule has 3 heteroatoms. The van der Waals surface area contributed by atoms with Gasteiger partial charge in [-0.1, -0.05) is 6.42 Å². The van der Waals surface area contributed by atoms with Crippen molar-refractivity contribution in [2.45, 2.75) is 51.2 Å². The van der Waals surface area contributed by atoms with Gasteiger partial charge in [0, 0.05) is 17.3 Å². The molecule has 0 aliphatic carbocycles. The van der Waals surface area contributed by atoms with Crippen LogP contribution in [0.15, 0.2) is 11.4 Å². The molecule has 1 fully saturated rings. The molecule has 0 radical (unpaired) electrons. The molecule has 1 aliphatic heterocycles. The second-order valence-electron chi connectivity index (χ2n) is 4.98. The molecule has 1 nitrogen and oxygen atoms in total. The van der Waals surface area contributed by atoms with Crippen LogP contribution in [0.2, 0.25) is 0 Å². The van der Waals surface area contributed by atoms with E-state index in [1.54, 1.807) is 18.3 Å². The summed E-state index contributed by atoms with van der Waals surface area (Å²) >= 11 is 1.54. The van der Waals surface area contributed by atoms with Gasteiger partial charge in [-0.25, -0.2) is 4.39 Å². The lowest BCUT2D eigenvalue weighted by atomic mass is 9.91. The molecule has 0 amide bonds. The van der Waals surface area contributed by atoms with E-state index in [1.165, 1.54) is 12.8 Å². The number of halogens is 1. The molecule has 1 aromatic rings. The fourth-order valence-corrected chi connectivity index (χ4v) is 3.55. The van der Waals surface area contributed by atoms with Gasteiger partial charge in [-0.3, -0.25) is 0 Å². The Bertz CT molecular complexity index is 339. The first kappa shape index (κ1) is 12.1. The van der Waals surface area contributed by atoms with Gasteiger partial charge >= 0.3 is 0 Å². The zero-order chi connectivity index (χ0) is 11.6. The van der Waals surface area contributed by atoms with E-state index in [1.807, 2.05) is 18.4 Å². The van der Waals surface area contributed by atoms with E-state index in [-0.39, 0.29) is 0 Å². The van der Waals surface area contributed by atoms with Crippen molar-refractivity contribution in [3.8, 4) is 0 Å². The van der Waals surface area contributed by atoms with Crippen molar-refractivity contribution < 1.29 is 4.39 Å². The number of hydrogen-bond acceptors (Lipinski definition) is 2. The Morgan fingerprint density at radius 3 is 2.94 bits per heavy atom. The third kappa shape index (κ3) is 2.64. The summed E-state index contributed by atoms with van der Waals surface area (Å²) in [7, 11) is 0. The SMILES string of the molecule is Cc1ccsc1C(C)(F)CC1CCCCN1. The molecule has 90 valence electrons. The number of piperidine rings is 1. The van der Waals surface area contributed by atoms with Crippen LogP contribution in [-0.2, 0) is 5.67 Å². The fourth-order valence-electron chi connectivity index (χ4n) is 2.56. The lowest BCUT2D eigenvalue weighted by Crippen LogP contribution is -2.38. The predicted octanol–water partition coefficient (Wildman–Crippen LogP) is 3.77. The quantitative estimate of drug-likeness (QED) is 0.849. The minimum atomic E-state index is -1.17. The van der Waals surface area contributed by atoms with Gasteiger partial charge in [0.15, 0.2) is 0 Å². The first-order chi connectivity index (χ1) is 7.59. The predicted molar refractivity (Wildman–Crippen MR) is 67.8 cm³/mol. The molecule has 2 atom stereocenters. The van der Waals surface area contributed by atoms with E-state index in [2.05, 4.69) is 5.32 Å². The smallest absolute Gasteiger partial charge is 0.144 e. The van der Waals surface area contributed by atoms with Crippen LogP contribution in [0, 0.1) is 6.92 Å². The molecule has 2 unspecified atom stereocenters. The van der Waals surface area contributed by atoms with Crippen molar-refractivity contribution in [1.82, 2.24) is 5.32 Å². The molecule has 0 aromatic carbocycles. The van der Waals surface area contributed by atoms with E-state index in [0.717, 1.165) is 23.4 Å². The second kappa shape index (κ2) is 4.84. The van der Waals surface area contributed by atoms with Crippen molar-refractivity contribution in [3.05, 3.63) is 21.9 Å². The van der Waals surface area contributed by atoms with Crippen LogP contribution in [0.3, 0.4) is 0 Å². The lowest BCUT2D eigenvalue weighted by molar-refractivity contribution is 0.150. The summed E-state index contributed by atoms with van der Waals surface area (Å²) in [5.41, 5.74) is -0.0846. The van der Waals surface area contributed by atoms with E-state index in [4.69, 9.17) is 0 Å². The van der Waals surface area contributed by atoms with Crippen LogP contribution >= 0.6 is 11.3 Å². The number of thiophene rings is 1. The van der Waals surface area contributed by atoms with Crippen LogP contribution in [0.4, 0.5) is 4.39 Å². The maximum atomic E-state index is 14.7. The van der Waals surface area contributed by atoms with Crippen LogP contribution in [0.5, 0.6) is 0 Å². The van der Waals surface area contributed by atoms with Gasteiger partial charge in [0.05, 0.1) is 0 Å². The summed E-state index contributed by atoms with van der Waals surface area (Å²) in [6.45, 7) is 4.77. The summed E-state index contributed by atoms with van der Waals surface area (Å²) in [4.78, 5) is 0.903. The molecule has 2 rings (SSSR count). The summed E-state index contributed by atoms with van der Waals surface area (Å²) in [5.74, 6) is 0. The van der Waals surface area contributed by atoms with Gasteiger partial charge in [-0.2, -0.15) is 0 Å². The highest BCUT2D eigenvalue weighted by atomic mass is 32.1. The Kier molecular flexibility index (Phi) is 3.65. The molecule has 1 aliphatic rings. The summed E-state index contributed by atoms with van der Waals surface area (Å²) < 4.78 is 14.7. The fraction of sp³-hybridized carbons (Fsp3) is 0.692. The maximum absolute atomic E-state index is 14.7. The van der Waals surface area contributed by atoms with Crippen LogP contribution in [0.1, 0.15) is 43.0 Å². The number of rotatable bonds is 3. The molecule has 2 heterocycles. The first-order valence-corrected chi connectivity index (χ1v) is 6.94. The standard InChI is InChI=1S/C13H20FNS/c1-10-6-8-16-12(10)13(2,14)9-11-5-3-4-7-15-11/h6,8,11,15H,3-5,7,9H2,1-2H3. The van der Waals surface area contributed by atoms with Gasteiger partial charge in [-0.15, -0.1) is 11.3 Å². The highest BCUT2D eigenvalue weighted by Crippen LogP contribution is 2.37. The second-order valence-corrected chi connectivity index (χ2v) is 5.90. The summed E-state index contributed by atoms with van der Waals surface area (Å²) in [6.07, 6.45) is 4.19. The molecule has 0 spiro atoms. The average molecular weight is 241 g/mol. The topological polar surface area (TPSA) is 12.0 Å². The normalized spacial score (nSPS) is 25.3. The minimum Gasteiger partial charge on any atom is -0.314 e. The molecule has 1 N–H and O–H groups in total. The van der Waals surface area contributed by atoms with Gasteiger partial charge in [0.25, 0.3) is 0 Å². The number of aryl methyl sites for hydroxylation is 1. The Morgan fingerprint density at radius 1 is 1.56 bits per heavy atom. The molecule has 16 heavy (non-hydrogen) atoms. The largest absolute Gasteiger partial charge is 0.314 e. The van der Waals surface area contributed by atoms with Crippen LogP contribution in [0.25, 0.3) is 0 Å². The molecule has 0 bridgehead atoms. The average Bonchev–Trinajstić information content (AvgIpc) is 2.66. The summed E-state index contributed by atoms with van der Waals surface area (Å²) in [6, 6.07) is 2.36. The Morgan fingerprint density at radius 2 is 2.38 bits per heavy atom. The van der Waals surface area contributed by atoms with Crippen molar-refractivity contribution in [1.29, 1.82) is 0 Å².